The van der Waals surface area contributed by atoms with Gasteiger partial charge in [0.05, 0.1) is 10.6 Å². The summed E-state index contributed by atoms with van der Waals surface area (Å²) >= 11 is 0. The average Bonchev–Trinajstić information content (AvgIpc) is 2.45. The minimum atomic E-state index is -4.61. The Balaban J connectivity index is 2.39. The van der Waals surface area contributed by atoms with Crippen LogP contribution in [0.4, 0.5) is 11.4 Å². The van der Waals surface area contributed by atoms with Crippen molar-refractivity contribution >= 4 is 19.0 Å². The lowest BCUT2D eigenvalue weighted by Crippen LogP contribution is -2.13. The Morgan fingerprint density at radius 1 is 1.24 bits per heavy atom. The maximum absolute atomic E-state index is 11.6. The lowest BCUT2D eigenvalue weighted by Gasteiger charge is -2.20. The molecule has 1 atom stereocenters. The van der Waals surface area contributed by atoms with Crippen molar-refractivity contribution in [3.05, 3.63) is 64.5 Å². The summed E-state index contributed by atoms with van der Waals surface area (Å²) in [5.41, 5.74) is 0.0915. The number of nitrogens with one attached hydrogen (secondary N) is 1. The zero-order chi connectivity index (χ0) is 15.5. The molecule has 0 radical (unpaired) electrons. The second-order valence-corrected chi connectivity index (χ2v) is 5.89. The summed E-state index contributed by atoms with van der Waals surface area (Å²) in [6, 6.07) is 10.6. The molecule has 0 aliphatic rings. The van der Waals surface area contributed by atoms with Crippen LogP contribution in [0.2, 0.25) is 0 Å². The van der Waals surface area contributed by atoms with Crippen molar-refractivity contribution in [2.75, 3.05) is 5.32 Å². The summed E-state index contributed by atoms with van der Waals surface area (Å²) in [7, 11) is -4.61. The molecule has 1 aromatic heterocycles. The third-order valence-electron chi connectivity index (χ3n) is 2.67. The monoisotopic (exact) mass is 309 g/mol. The van der Waals surface area contributed by atoms with Crippen LogP contribution >= 0.6 is 7.60 Å². The second kappa shape index (κ2) is 6.01. The van der Waals surface area contributed by atoms with E-state index < -0.39 is 18.3 Å². The van der Waals surface area contributed by atoms with E-state index in [0.29, 0.717) is 5.69 Å². The normalized spacial score (nSPS) is 12.7. The Kier molecular flexibility index (Phi) is 4.32. The summed E-state index contributed by atoms with van der Waals surface area (Å²) in [6.45, 7) is 0. The fraction of sp³-hybridized carbons (Fsp3) is 0.0833. The predicted molar refractivity (Wildman–Crippen MR) is 75.7 cm³/mol. The van der Waals surface area contributed by atoms with Crippen LogP contribution in [-0.2, 0) is 4.57 Å². The van der Waals surface area contributed by atoms with Gasteiger partial charge in [0.25, 0.3) is 5.69 Å². The Morgan fingerprint density at radius 3 is 2.48 bits per heavy atom. The van der Waals surface area contributed by atoms with Crippen molar-refractivity contribution in [3.63, 3.8) is 0 Å². The molecule has 9 heteroatoms. The highest BCUT2D eigenvalue weighted by Gasteiger charge is 2.32. The van der Waals surface area contributed by atoms with Gasteiger partial charge in [0, 0.05) is 24.0 Å². The Hall–Kier alpha value is -2.28. The number of para-hydroxylation sites is 1. The van der Waals surface area contributed by atoms with Crippen LogP contribution in [0.3, 0.4) is 0 Å². The van der Waals surface area contributed by atoms with Gasteiger partial charge in [-0.15, -0.1) is 0 Å². The molecule has 8 nitrogen and oxygen atoms in total. The van der Waals surface area contributed by atoms with E-state index >= 15 is 0 Å². The first kappa shape index (κ1) is 15.1. The Bertz CT molecular complexity index is 688. The van der Waals surface area contributed by atoms with Gasteiger partial charge in [-0.25, -0.2) is 0 Å². The van der Waals surface area contributed by atoms with Gasteiger partial charge in [0.15, 0.2) is 5.78 Å². The second-order valence-electron chi connectivity index (χ2n) is 4.20. The number of benzene rings is 1. The standard InChI is InChI=1S/C12H12N3O5P/c16-15(17)10-6-7-13-11(8-10)12(21(18,19)20)14-9-4-2-1-3-5-9/h1-8,12,14H,(H2,18,19,20). The highest BCUT2D eigenvalue weighted by molar-refractivity contribution is 7.52. The minimum Gasteiger partial charge on any atom is -0.367 e. The lowest BCUT2D eigenvalue weighted by atomic mass is 10.3. The largest absolute Gasteiger partial charge is 0.367 e. The first-order valence-corrected chi connectivity index (χ1v) is 7.53. The molecule has 2 aromatic rings. The number of anilines is 1. The maximum atomic E-state index is 11.6. The molecule has 0 aliphatic carbocycles. The van der Waals surface area contributed by atoms with Crippen LogP contribution in [0.5, 0.6) is 0 Å². The fourth-order valence-corrected chi connectivity index (χ4v) is 2.53. The van der Waals surface area contributed by atoms with Crippen molar-refractivity contribution < 1.29 is 19.3 Å². The molecular weight excluding hydrogens is 297 g/mol. The number of aromatic nitrogens is 1. The van der Waals surface area contributed by atoms with E-state index in [4.69, 9.17) is 0 Å². The van der Waals surface area contributed by atoms with Crippen molar-refractivity contribution in [2.45, 2.75) is 5.78 Å². The van der Waals surface area contributed by atoms with E-state index in [9.17, 15) is 24.5 Å². The van der Waals surface area contributed by atoms with Gasteiger partial charge >= 0.3 is 7.60 Å². The summed E-state index contributed by atoms with van der Waals surface area (Å²) < 4.78 is 11.6. The molecule has 3 N–H and O–H groups in total. The number of pyridine rings is 1. The molecule has 110 valence electrons. The molecule has 0 bridgehead atoms. The highest BCUT2D eigenvalue weighted by atomic mass is 31.2. The molecule has 2 rings (SSSR count). The topological polar surface area (TPSA) is 126 Å². The van der Waals surface area contributed by atoms with E-state index in [2.05, 4.69) is 10.3 Å². The van der Waals surface area contributed by atoms with Gasteiger partial charge in [-0.05, 0) is 12.1 Å². The van der Waals surface area contributed by atoms with Gasteiger partial charge in [-0.1, -0.05) is 18.2 Å². The van der Waals surface area contributed by atoms with Crippen LogP contribution in [0.25, 0.3) is 0 Å². The molecule has 0 saturated heterocycles. The van der Waals surface area contributed by atoms with Crippen LogP contribution < -0.4 is 5.32 Å². The number of nitro groups is 1. The van der Waals surface area contributed by atoms with E-state index in [1.807, 2.05) is 0 Å². The van der Waals surface area contributed by atoms with E-state index in [1.54, 1.807) is 30.3 Å². The smallest absolute Gasteiger partial charge is 0.353 e. The first-order valence-electron chi connectivity index (χ1n) is 5.85. The molecule has 1 heterocycles. The summed E-state index contributed by atoms with van der Waals surface area (Å²) in [4.78, 5) is 32.8. The van der Waals surface area contributed by atoms with Crippen LogP contribution in [0, 0.1) is 10.1 Å². The maximum Gasteiger partial charge on any atom is 0.353 e. The molecule has 0 amide bonds. The molecule has 0 fully saturated rings. The summed E-state index contributed by atoms with van der Waals surface area (Å²) in [5, 5.41) is 13.4. The van der Waals surface area contributed by atoms with Gasteiger partial charge < -0.3 is 15.1 Å². The summed E-state index contributed by atoms with van der Waals surface area (Å²) in [5.74, 6) is -1.46. The van der Waals surface area contributed by atoms with Crippen LogP contribution in [-0.4, -0.2) is 19.7 Å². The molecule has 1 unspecified atom stereocenters. The molecule has 21 heavy (non-hydrogen) atoms. The third-order valence-corrected chi connectivity index (χ3v) is 3.74. The number of hydrogen-bond donors (Lipinski definition) is 3. The van der Waals surface area contributed by atoms with Gasteiger partial charge in [0.2, 0.25) is 0 Å². The fourth-order valence-electron chi connectivity index (χ4n) is 1.72. The van der Waals surface area contributed by atoms with Gasteiger partial charge in [-0.2, -0.15) is 0 Å². The van der Waals surface area contributed by atoms with E-state index in [1.165, 1.54) is 0 Å². The quantitative estimate of drug-likeness (QED) is 0.439. The molecule has 0 aliphatic heterocycles. The number of nitrogens with zero attached hydrogens (tertiary/aromatic N) is 2. The zero-order valence-electron chi connectivity index (χ0n) is 10.7. The first-order chi connectivity index (χ1) is 9.88. The van der Waals surface area contributed by atoms with Crippen molar-refractivity contribution in [1.82, 2.24) is 4.98 Å². The lowest BCUT2D eigenvalue weighted by molar-refractivity contribution is -0.385. The molecule has 0 saturated carbocycles. The third kappa shape index (κ3) is 3.85. The molecular formula is C12H12N3O5P. The van der Waals surface area contributed by atoms with Crippen molar-refractivity contribution in [3.8, 4) is 0 Å². The van der Waals surface area contributed by atoms with Crippen molar-refractivity contribution in [2.24, 2.45) is 0 Å². The summed E-state index contributed by atoms with van der Waals surface area (Å²) in [6.07, 6.45) is 1.14. The number of rotatable bonds is 5. The van der Waals surface area contributed by atoms with Crippen molar-refractivity contribution in [1.29, 1.82) is 0 Å². The minimum absolute atomic E-state index is 0.0959. The van der Waals surface area contributed by atoms with E-state index in [0.717, 1.165) is 18.3 Å². The van der Waals surface area contributed by atoms with Crippen LogP contribution in [0.1, 0.15) is 11.5 Å². The molecule has 0 spiro atoms. The SMILES string of the molecule is O=[N+]([O-])c1ccnc(C(Nc2ccccc2)P(=O)(O)O)c1. The van der Waals surface area contributed by atoms with Gasteiger partial charge in [0.1, 0.15) is 0 Å². The zero-order valence-corrected chi connectivity index (χ0v) is 11.6. The Labute approximate surface area is 119 Å². The van der Waals surface area contributed by atoms with Crippen LogP contribution in [0.15, 0.2) is 48.7 Å². The predicted octanol–water partition coefficient (Wildman–Crippen LogP) is 2.28. The van der Waals surface area contributed by atoms with Gasteiger partial charge in [-0.3, -0.25) is 19.7 Å². The number of hydrogen-bond acceptors (Lipinski definition) is 5. The highest BCUT2D eigenvalue weighted by Crippen LogP contribution is 2.51. The molecule has 1 aromatic carbocycles. The average molecular weight is 309 g/mol. The Morgan fingerprint density at radius 2 is 1.90 bits per heavy atom. The van der Waals surface area contributed by atoms with E-state index in [-0.39, 0.29) is 11.4 Å².